The van der Waals surface area contributed by atoms with Gasteiger partial charge in [0.2, 0.25) is 0 Å². The lowest BCUT2D eigenvalue weighted by Crippen LogP contribution is -2.66. The number of aliphatic hydroxyl groups excluding tert-OH is 4. The van der Waals surface area contributed by atoms with E-state index in [0.29, 0.717) is 0 Å². The van der Waals surface area contributed by atoms with Crippen molar-refractivity contribution in [2.45, 2.75) is 42.7 Å². The maximum Gasteiger partial charge on any atom is 0.367 e. The lowest BCUT2D eigenvalue weighted by molar-refractivity contribution is -0.420. The summed E-state index contributed by atoms with van der Waals surface area (Å²) in [5.74, 6) is -4.34. The molecule has 19 heavy (non-hydrogen) atoms. The molecule has 0 amide bonds. The quantitative estimate of drug-likeness (QED) is 0.197. The summed E-state index contributed by atoms with van der Waals surface area (Å²) in [5.41, 5.74) is 5.53. The van der Waals surface area contributed by atoms with Crippen molar-refractivity contribution >= 4 is 5.97 Å². The molecule has 8 N–H and O–H groups in total. The van der Waals surface area contributed by atoms with Crippen molar-refractivity contribution in [2.75, 3.05) is 6.61 Å². The number of aliphatic carboxylic acids is 1. The van der Waals surface area contributed by atoms with Crippen LogP contribution in [-0.4, -0.2) is 79.6 Å². The maximum atomic E-state index is 11.0. The van der Waals surface area contributed by atoms with Crippen LogP contribution in [0.15, 0.2) is 0 Å². The van der Waals surface area contributed by atoms with Crippen LogP contribution < -0.4 is 5.73 Å². The van der Waals surface area contributed by atoms with Crippen LogP contribution >= 0.6 is 0 Å². The van der Waals surface area contributed by atoms with E-state index >= 15 is 0 Å². The average Bonchev–Trinajstić information content (AvgIpc) is 2.39. The highest BCUT2D eigenvalue weighted by Gasteiger charge is 2.55. The molecule has 0 aromatic rings. The van der Waals surface area contributed by atoms with Crippen LogP contribution in [0.5, 0.6) is 0 Å². The van der Waals surface area contributed by atoms with Crippen molar-refractivity contribution < 1.29 is 45.2 Å². The summed E-state index contributed by atoms with van der Waals surface area (Å²) in [6, 6.07) is -1.24. The SMILES string of the molecule is N[C@@H]1[C@@H](O)CC(OO)(C(=O)O)O[C@H]1C(O)C(O)CO. The van der Waals surface area contributed by atoms with Crippen molar-refractivity contribution in [3.8, 4) is 0 Å². The van der Waals surface area contributed by atoms with E-state index in [4.69, 9.17) is 25.9 Å². The average molecular weight is 283 g/mol. The van der Waals surface area contributed by atoms with E-state index in [0.717, 1.165) is 0 Å². The molecule has 1 heterocycles. The number of rotatable bonds is 5. The fraction of sp³-hybridized carbons (Fsp3) is 0.889. The van der Waals surface area contributed by atoms with Crippen LogP contribution in [0, 0.1) is 0 Å². The minimum absolute atomic E-state index is 0.668. The predicted octanol–water partition coefficient (Wildman–Crippen LogP) is -3.55. The zero-order chi connectivity index (χ0) is 14.8. The van der Waals surface area contributed by atoms with Gasteiger partial charge in [-0.1, -0.05) is 0 Å². The Labute approximate surface area is 107 Å². The van der Waals surface area contributed by atoms with Gasteiger partial charge >= 0.3 is 11.8 Å². The second kappa shape index (κ2) is 6.07. The number of carboxylic acids is 1. The molecule has 0 spiro atoms. The first-order valence-corrected chi connectivity index (χ1v) is 5.43. The molecule has 112 valence electrons. The molecule has 0 aromatic carbocycles. The van der Waals surface area contributed by atoms with Crippen LogP contribution in [0.3, 0.4) is 0 Å². The molecule has 6 atom stereocenters. The summed E-state index contributed by atoms with van der Waals surface area (Å²) >= 11 is 0. The molecular weight excluding hydrogens is 266 g/mol. The van der Waals surface area contributed by atoms with Gasteiger partial charge in [0.25, 0.3) is 0 Å². The molecule has 1 aliphatic rings. The zero-order valence-corrected chi connectivity index (χ0v) is 9.79. The number of ether oxygens (including phenoxy) is 1. The standard InChI is InChI=1S/C9H17NO9/c10-5-3(12)1-9(19-17,8(15)16)18-7(5)6(14)4(13)2-11/h3-7,11-14,17H,1-2,10H2,(H,15,16)/t3-,4?,5+,6?,7+,9?/m0/s1. The Morgan fingerprint density at radius 3 is 2.53 bits per heavy atom. The largest absolute Gasteiger partial charge is 0.477 e. The summed E-state index contributed by atoms with van der Waals surface area (Å²) < 4.78 is 4.87. The molecule has 0 aromatic heterocycles. The Morgan fingerprint density at radius 2 is 2.11 bits per heavy atom. The zero-order valence-electron chi connectivity index (χ0n) is 9.79. The van der Waals surface area contributed by atoms with E-state index in [9.17, 15) is 20.1 Å². The highest BCUT2D eigenvalue weighted by atomic mass is 17.1. The Hall–Kier alpha value is -0.850. The molecule has 1 aliphatic heterocycles. The smallest absolute Gasteiger partial charge is 0.367 e. The number of nitrogens with two attached hydrogens (primary N) is 1. The Balaban J connectivity index is 2.99. The monoisotopic (exact) mass is 283 g/mol. The van der Waals surface area contributed by atoms with E-state index in [2.05, 4.69) is 4.89 Å². The lowest BCUT2D eigenvalue weighted by atomic mass is 9.89. The van der Waals surface area contributed by atoms with E-state index in [-0.39, 0.29) is 0 Å². The molecule has 0 radical (unpaired) electrons. The Bertz CT molecular complexity index is 327. The summed E-state index contributed by atoms with van der Waals surface area (Å²) in [4.78, 5) is 14.8. The number of carboxylic acid groups (broad SMARTS) is 1. The molecule has 10 heteroatoms. The van der Waals surface area contributed by atoms with Gasteiger partial charge in [-0.05, 0) is 0 Å². The van der Waals surface area contributed by atoms with E-state index in [1.165, 1.54) is 0 Å². The van der Waals surface area contributed by atoms with Crippen molar-refractivity contribution in [1.29, 1.82) is 0 Å². The summed E-state index contributed by atoms with van der Waals surface area (Å²) in [5, 5.41) is 54.9. The molecule has 1 saturated heterocycles. The Morgan fingerprint density at radius 1 is 1.53 bits per heavy atom. The molecule has 10 nitrogen and oxygen atoms in total. The first-order chi connectivity index (χ1) is 8.79. The van der Waals surface area contributed by atoms with Gasteiger partial charge in [0.15, 0.2) is 0 Å². The molecule has 3 unspecified atom stereocenters. The van der Waals surface area contributed by atoms with Crippen molar-refractivity contribution in [1.82, 2.24) is 0 Å². The third-order valence-electron chi connectivity index (χ3n) is 3.02. The summed E-state index contributed by atoms with van der Waals surface area (Å²) in [6.07, 6.45) is -7.13. The third kappa shape index (κ3) is 3.01. The summed E-state index contributed by atoms with van der Waals surface area (Å²) in [6.45, 7) is -0.829. The van der Waals surface area contributed by atoms with Gasteiger partial charge in [-0.3, -0.25) is 0 Å². The van der Waals surface area contributed by atoms with Gasteiger partial charge in [-0.2, -0.15) is 4.89 Å². The van der Waals surface area contributed by atoms with E-state index < -0.39 is 55.2 Å². The molecule has 0 saturated carbocycles. The maximum absolute atomic E-state index is 11.0. The number of hydrogen-bond donors (Lipinski definition) is 7. The van der Waals surface area contributed by atoms with Crippen LogP contribution in [0.1, 0.15) is 6.42 Å². The first kappa shape index (κ1) is 16.2. The fourth-order valence-electron chi connectivity index (χ4n) is 1.84. The minimum Gasteiger partial charge on any atom is -0.477 e. The van der Waals surface area contributed by atoms with Crippen LogP contribution in [0.2, 0.25) is 0 Å². The second-order valence-electron chi connectivity index (χ2n) is 4.32. The van der Waals surface area contributed by atoms with Crippen molar-refractivity contribution in [2.24, 2.45) is 5.73 Å². The fourth-order valence-corrected chi connectivity index (χ4v) is 1.84. The molecule has 0 aliphatic carbocycles. The lowest BCUT2D eigenvalue weighted by Gasteiger charge is -2.43. The normalized spacial score (nSPS) is 38.7. The highest BCUT2D eigenvalue weighted by Crippen LogP contribution is 2.31. The van der Waals surface area contributed by atoms with Gasteiger partial charge in [-0.25, -0.2) is 10.1 Å². The second-order valence-corrected chi connectivity index (χ2v) is 4.32. The Kier molecular flexibility index (Phi) is 5.18. The predicted molar refractivity (Wildman–Crippen MR) is 56.7 cm³/mol. The van der Waals surface area contributed by atoms with Gasteiger partial charge in [0.1, 0.15) is 18.3 Å². The molecular formula is C9H17NO9. The van der Waals surface area contributed by atoms with Crippen LogP contribution in [0.25, 0.3) is 0 Å². The number of hydrogen-bond acceptors (Lipinski definition) is 9. The van der Waals surface area contributed by atoms with Crippen LogP contribution in [0.4, 0.5) is 0 Å². The van der Waals surface area contributed by atoms with E-state index in [1.807, 2.05) is 0 Å². The van der Waals surface area contributed by atoms with Gasteiger partial charge in [0.05, 0.1) is 18.8 Å². The van der Waals surface area contributed by atoms with Crippen LogP contribution in [-0.2, 0) is 14.4 Å². The van der Waals surface area contributed by atoms with Crippen molar-refractivity contribution in [3.63, 3.8) is 0 Å². The van der Waals surface area contributed by atoms with Gasteiger partial charge < -0.3 is 36.0 Å². The molecule has 1 fully saturated rings. The first-order valence-electron chi connectivity index (χ1n) is 5.43. The minimum atomic E-state index is -2.60. The summed E-state index contributed by atoms with van der Waals surface area (Å²) in [7, 11) is 0. The van der Waals surface area contributed by atoms with Crippen molar-refractivity contribution in [3.05, 3.63) is 0 Å². The topological polar surface area (TPSA) is 183 Å². The molecule has 1 rings (SSSR count). The number of aliphatic hydroxyl groups is 4. The highest BCUT2D eigenvalue weighted by molar-refractivity contribution is 5.75. The van der Waals surface area contributed by atoms with Gasteiger partial charge in [0, 0.05) is 6.42 Å². The third-order valence-corrected chi connectivity index (χ3v) is 3.02. The van der Waals surface area contributed by atoms with Gasteiger partial charge in [-0.15, -0.1) is 0 Å². The molecule has 0 bridgehead atoms. The number of carbonyl (C=O) groups is 1. The van der Waals surface area contributed by atoms with E-state index in [1.54, 1.807) is 0 Å².